The molecule has 9 aromatic carbocycles. The van der Waals surface area contributed by atoms with Crippen LogP contribution in [0.25, 0.3) is 0 Å². The maximum absolute atomic E-state index is 14.2. The largest absolute Gasteiger partial charge is 0.573 e. The summed E-state index contributed by atoms with van der Waals surface area (Å²) in [5.74, 6) is -2.56. The summed E-state index contributed by atoms with van der Waals surface area (Å²) in [5, 5.41) is 39.0. The SMILES string of the molecule is C/C=C/C(=O)OCc1cccc(Nc2nc(Nc3ccccc3)ncc2C)c1.C=CC(=O)Nc1cccc(Nc2nc(Nc3ccc(OC)nc3)ncc2F)c1.C=CC(=O)Nc1cccc(Nc2nc(Nc3cccc(OC(F)(F)F)c3)ncc2F)c1.C=CC(=O)Nc1cccc(Nc2nc(Nc3cccc(OC)c3)ncc2C(F)(F)F)c1.C=CC(=O)Nc1cccc(Nc2nc(Nc3ccccc3)ncc2C(F)(F)F)c1. The molecular formula is C102H88F11N25O9. The van der Waals surface area contributed by atoms with Crippen molar-refractivity contribution < 1.29 is 91.2 Å². The highest BCUT2D eigenvalue weighted by Crippen LogP contribution is 2.39. The first-order chi connectivity index (χ1) is 70.5. The number of hydrogen-bond acceptors (Lipinski definition) is 30. The van der Waals surface area contributed by atoms with Crippen molar-refractivity contribution in [1.82, 2.24) is 54.8 Å². The molecule has 147 heavy (non-hydrogen) atoms. The maximum atomic E-state index is 14.2. The fraction of sp³-hybridized carbons (Fsp3) is 0.0784. The second-order valence-corrected chi connectivity index (χ2v) is 29.7. The zero-order valence-electron chi connectivity index (χ0n) is 77.8. The number of allylic oxidation sites excluding steroid dienone is 1. The highest BCUT2D eigenvalue weighted by atomic mass is 19.4. The second kappa shape index (κ2) is 52.5. The zero-order chi connectivity index (χ0) is 105. The predicted octanol–water partition coefficient (Wildman–Crippen LogP) is 23.9. The van der Waals surface area contributed by atoms with Gasteiger partial charge in [0.25, 0.3) is 0 Å². The van der Waals surface area contributed by atoms with Crippen molar-refractivity contribution >= 4 is 168 Å². The van der Waals surface area contributed by atoms with E-state index in [1.165, 1.54) is 44.6 Å². The average molecular weight is 2020 g/mol. The standard InChI is InChI=1S/C22H22N4O2.C21H18F3N5O2.C20H15F4N5O2.C20H16F3N5O.C19H17FN6O2/c1-3-8-20(27)28-15-17-9-7-12-19(13-17)24-21-16(2)14-23-22(26-21)25-18-10-5-4-6-11-18;1-3-18(30)26-13-6-4-7-14(10-13)27-19-17(21(22,23)24)12-25-20(29-19)28-15-8-5-9-16(11-15)31-2;1-2-17(30)26-12-5-3-6-13(9-12)27-18-16(21)11-25-19(29-18)28-14-7-4-8-15(10-14)31-20(22,23)24;1-2-17(29)25-14-9-6-10-15(11-14)26-18-16(20(21,22)23)12-24-19(28-18)27-13-7-4-3-5-8-13;1-3-16(27)23-12-5-4-6-13(9-12)24-18-15(20)11-22-19(26-18)25-14-7-8-17(28-2)21-10-14/h3-14H,15H2,1-2H3,(H2,23,24,25,26);3-12H,1H2,2H3,(H,26,30)(H2,25,27,28,29);2-11H,1H2,(H,26,30)(H2,25,27,28,29);2-12H,1H2,(H,25,29)(H2,24,26,27,28);3-11H,1H2,2H3,(H,23,27)(H2,22,24,25,26)/b8-3+;;;;. The molecule has 15 aromatic rings. The number of benzene rings is 9. The van der Waals surface area contributed by atoms with E-state index in [1.54, 1.807) is 171 Å². The first-order valence-electron chi connectivity index (χ1n) is 43.2. The third-order valence-corrected chi connectivity index (χ3v) is 18.7. The van der Waals surface area contributed by atoms with E-state index in [4.69, 9.17) is 14.2 Å². The Kier molecular flexibility index (Phi) is 38.4. The molecule has 0 saturated heterocycles. The second-order valence-electron chi connectivity index (χ2n) is 29.7. The van der Waals surface area contributed by atoms with E-state index in [0.717, 1.165) is 71.3 Å². The minimum absolute atomic E-state index is 0.00261. The number of carbonyl (C=O) groups is 5. The number of pyridine rings is 1. The van der Waals surface area contributed by atoms with Gasteiger partial charge >= 0.3 is 24.7 Å². The quantitative estimate of drug-likeness (QED) is 0.0101. The van der Waals surface area contributed by atoms with Crippen molar-refractivity contribution in [2.45, 2.75) is 39.2 Å². The van der Waals surface area contributed by atoms with Gasteiger partial charge in [0.05, 0.1) is 38.5 Å². The molecule has 0 saturated carbocycles. The number of methoxy groups -OCH3 is 2. The van der Waals surface area contributed by atoms with Crippen molar-refractivity contribution in [3.05, 3.63) is 376 Å². The number of aryl methyl sites for hydroxylation is 1. The Balaban J connectivity index is 0.000000175. The molecule has 752 valence electrons. The summed E-state index contributed by atoms with van der Waals surface area (Å²) in [6.45, 7) is 17.4. The van der Waals surface area contributed by atoms with E-state index < -0.39 is 76.6 Å². The molecule has 0 aliphatic heterocycles. The van der Waals surface area contributed by atoms with E-state index in [0.29, 0.717) is 98.4 Å². The number of nitrogens with one attached hydrogen (secondary N) is 14. The summed E-state index contributed by atoms with van der Waals surface area (Å²) < 4.78 is 165. The third kappa shape index (κ3) is 35.5. The maximum Gasteiger partial charge on any atom is 0.573 e. The molecule has 6 aromatic heterocycles. The lowest BCUT2D eigenvalue weighted by molar-refractivity contribution is -0.274. The Morgan fingerprint density at radius 2 is 0.653 bits per heavy atom. The van der Waals surface area contributed by atoms with Gasteiger partial charge in [0.1, 0.15) is 46.7 Å². The first kappa shape index (κ1) is 108. The number of alkyl halides is 9. The van der Waals surface area contributed by atoms with Crippen LogP contribution in [0, 0.1) is 18.6 Å². The minimum Gasteiger partial charge on any atom is -0.497 e. The van der Waals surface area contributed by atoms with E-state index in [-0.39, 0.29) is 59.6 Å². The predicted molar refractivity (Wildman–Crippen MR) is 540 cm³/mol. The van der Waals surface area contributed by atoms with Gasteiger partial charge in [-0.05, 0) is 183 Å². The Bertz CT molecular complexity index is 7150. The number of aromatic nitrogens is 11. The smallest absolute Gasteiger partial charge is 0.497 e. The van der Waals surface area contributed by atoms with Gasteiger partial charge in [-0.1, -0.05) is 117 Å². The molecule has 15 rings (SSSR count). The molecule has 0 aliphatic carbocycles. The number of nitrogens with zero attached hydrogens (tertiary/aromatic N) is 11. The molecule has 34 nitrogen and oxygen atoms in total. The fourth-order valence-electron chi connectivity index (χ4n) is 12.1. The molecule has 0 radical (unpaired) electrons. The number of carbonyl (C=O) groups excluding carboxylic acids is 5. The number of halogens is 11. The van der Waals surface area contributed by atoms with E-state index in [2.05, 4.69) is 160 Å². The minimum atomic E-state index is -4.83. The summed E-state index contributed by atoms with van der Waals surface area (Å²) in [6.07, 6.45) is 0.0139. The molecule has 0 atom stereocenters. The highest BCUT2D eigenvalue weighted by molar-refractivity contribution is 6.01. The fourth-order valence-corrected chi connectivity index (χ4v) is 12.1. The number of rotatable bonds is 34. The third-order valence-electron chi connectivity index (χ3n) is 18.7. The van der Waals surface area contributed by atoms with Crippen molar-refractivity contribution in [1.29, 1.82) is 0 Å². The topological polar surface area (TPSA) is 432 Å². The Morgan fingerprint density at radius 1 is 0.327 bits per heavy atom. The van der Waals surface area contributed by atoms with Crippen molar-refractivity contribution in [2.24, 2.45) is 0 Å². The summed E-state index contributed by atoms with van der Waals surface area (Å²) in [5.41, 5.74) is 6.83. The summed E-state index contributed by atoms with van der Waals surface area (Å²) in [7, 11) is 3.02. The van der Waals surface area contributed by atoms with Crippen LogP contribution in [0.3, 0.4) is 0 Å². The van der Waals surface area contributed by atoms with Crippen LogP contribution in [0.2, 0.25) is 0 Å². The van der Waals surface area contributed by atoms with Gasteiger partial charge in [0.2, 0.25) is 59.3 Å². The van der Waals surface area contributed by atoms with Crippen LogP contribution in [0.4, 0.5) is 187 Å². The molecule has 0 fully saturated rings. The van der Waals surface area contributed by atoms with Gasteiger partial charge in [-0.2, -0.15) is 51.3 Å². The monoisotopic (exact) mass is 2020 g/mol. The Hall–Kier alpha value is -19.8. The van der Waals surface area contributed by atoms with Crippen LogP contribution in [0.5, 0.6) is 17.4 Å². The Labute approximate surface area is 831 Å². The van der Waals surface area contributed by atoms with Crippen LogP contribution < -0.4 is 88.6 Å². The molecule has 45 heteroatoms. The summed E-state index contributed by atoms with van der Waals surface area (Å²) >= 11 is 0. The Morgan fingerprint density at radius 3 is 1.03 bits per heavy atom. The van der Waals surface area contributed by atoms with Crippen molar-refractivity contribution in [3.8, 4) is 17.4 Å². The first-order valence-corrected chi connectivity index (χ1v) is 43.2. The van der Waals surface area contributed by atoms with E-state index >= 15 is 0 Å². The lowest BCUT2D eigenvalue weighted by Crippen LogP contribution is -2.17. The van der Waals surface area contributed by atoms with Crippen molar-refractivity contribution in [2.75, 3.05) is 88.7 Å². The molecular weight excluding hydrogens is 1930 g/mol. The number of para-hydroxylation sites is 2. The normalized spacial score (nSPS) is 10.7. The number of esters is 1. The molecule has 0 spiro atoms. The van der Waals surface area contributed by atoms with Crippen LogP contribution in [-0.2, 0) is 47.7 Å². The number of ether oxygens (including phenoxy) is 4. The van der Waals surface area contributed by atoms with Crippen LogP contribution in [-0.4, -0.2) is 105 Å². The van der Waals surface area contributed by atoms with E-state index in [1.807, 2.05) is 67.6 Å². The van der Waals surface area contributed by atoms with Gasteiger partial charge < -0.3 is 93.4 Å². The summed E-state index contributed by atoms with van der Waals surface area (Å²) in [4.78, 5) is 102. The molecule has 0 unspecified atom stereocenters. The van der Waals surface area contributed by atoms with Gasteiger partial charge in [-0.25, -0.2) is 43.5 Å². The van der Waals surface area contributed by atoms with E-state index in [9.17, 15) is 72.3 Å². The molecule has 4 amide bonds. The lowest BCUT2D eigenvalue weighted by atomic mass is 10.2. The van der Waals surface area contributed by atoms with Crippen molar-refractivity contribution in [3.63, 3.8) is 0 Å². The van der Waals surface area contributed by atoms with Gasteiger partial charge in [-0.3, -0.25) is 19.2 Å². The van der Waals surface area contributed by atoms with Gasteiger partial charge in [-0.15, -0.1) is 13.2 Å². The number of amides is 4. The molecule has 0 aliphatic rings. The molecule has 6 heterocycles. The molecule has 14 N–H and O–H groups in total. The number of hydrogen-bond donors (Lipinski definition) is 14. The average Bonchev–Trinajstić information content (AvgIpc) is 0.810. The van der Waals surface area contributed by atoms with Gasteiger partial charge in [0.15, 0.2) is 23.3 Å². The lowest BCUT2D eigenvalue weighted by Gasteiger charge is -2.15. The van der Waals surface area contributed by atoms with Crippen LogP contribution in [0.1, 0.15) is 29.2 Å². The summed E-state index contributed by atoms with van der Waals surface area (Å²) in [6, 6.07) is 67.1. The molecule has 0 bridgehead atoms. The number of anilines is 24. The highest BCUT2D eigenvalue weighted by Gasteiger charge is 2.37. The zero-order valence-corrected chi connectivity index (χ0v) is 77.8. The van der Waals surface area contributed by atoms with Crippen LogP contribution >= 0.6 is 0 Å². The van der Waals surface area contributed by atoms with Crippen LogP contribution in [0.15, 0.2) is 343 Å². The van der Waals surface area contributed by atoms with Gasteiger partial charge in [0, 0.05) is 122 Å².